The van der Waals surface area contributed by atoms with Gasteiger partial charge in [0.1, 0.15) is 0 Å². The number of hydrogen-bond acceptors (Lipinski definition) is 7. The fourth-order valence-corrected chi connectivity index (χ4v) is 2.08. The number of urea groups is 1. The van der Waals surface area contributed by atoms with E-state index >= 15 is 0 Å². The molecular weight excluding hydrogens is 296 g/mol. The number of nitrogens with zero attached hydrogens (tertiary/aromatic N) is 2. The van der Waals surface area contributed by atoms with E-state index < -0.39 is 17.3 Å². The molecule has 1 unspecified atom stereocenters. The van der Waals surface area contributed by atoms with Crippen molar-refractivity contribution in [2.45, 2.75) is 5.37 Å². The molecule has 1 atom stereocenters. The van der Waals surface area contributed by atoms with E-state index in [-0.39, 0.29) is 11.7 Å². The van der Waals surface area contributed by atoms with E-state index in [0.717, 1.165) is 17.3 Å². The average molecular weight is 308 g/mol. The molecule has 0 saturated carbocycles. The molecule has 0 aromatic carbocycles. The number of carbonyl (C=O) groups is 3. The molecular formula is C11H12N6O3S. The first-order valence-corrected chi connectivity index (χ1v) is 6.90. The van der Waals surface area contributed by atoms with Crippen LogP contribution in [0.5, 0.6) is 0 Å². The predicted molar refractivity (Wildman–Crippen MR) is 76.0 cm³/mol. The highest BCUT2D eigenvalue weighted by Crippen LogP contribution is 2.08. The number of nitrogens with one attached hydrogen (secondary N) is 4. The van der Waals surface area contributed by atoms with Crippen molar-refractivity contribution >= 4 is 35.8 Å². The Balaban J connectivity index is 1.71. The van der Waals surface area contributed by atoms with Crippen LogP contribution in [0, 0.1) is 0 Å². The monoisotopic (exact) mass is 308 g/mol. The summed E-state index contributed by atoms with van der Waals surface area (Å²) in [6, 6.07) is 2.86. The average Bonchev–Trinajstić information content (AvgIpc) is 2.47. The number of carbonyl (C=O) groups excluding carboxylic acids is 3. The molecule has 1 aromatic rings. The Labute approximate surface area is 123 Å². The van der Waals surface area contributed by atoms with Crippen LogP contribution < -0.4 is 21.6 Å². The van der Waals surface area contributed by atoms with Crippen LogP contribution >= 0.6 is 11.8 Å². The predicted octanol–water partition coefficient (Wildman–Crippen LogP) is -1.06. The van der Waals surface area contributed by atoms with E-state index in [9.17, 15) is 14.4 Å². The number of aromatic nitrogens is 1. The zero-order chi connectivity index (χ0) is 15.1. The lowest BCUT2D eigenvalue weighted by atomic mass is 10.3. The van der Waals surface area contributed by atoms with Gasteiger partial charge in [0, 0.05) is 12.4 Å². The van der Waals surface area contributed by atoms with E-state index in [2.05, 4.69) is 31.7 Å². The fourth-order valence-electron chi connectivity index (χ4n) is 1.34. The summed E-state index contributed by atoms with van der Waals surface area (Å²) in [5.74, 6) is -0.858. The first kappa shape index (κ1) is 14.9. The minimum absolute atomic E-state index is 0.00857. The van der Waals surface area contributed by atoms with Gasteiger partial charge in [-0.05, 0) is 17.7 Å². The summed E-state index contributed by atoms with van der Waals surface area (Å²) in [7, 11) is 0. The molecule has 1 aliphatic heterocycles. The summed E-state index contributed by atoms with van der Waals surface area (Å²) in [6.45, 7) is 0. The van der Waals surface area contributed by atoms with Crippen molar-refractivity contribution in [3.8, 4) is 0 Å². The molecule has 4 N–H and O–H groups in total. The molecule has 2 rings (SSSR count). The van der Waals surface area contributed by atoms with Crippen LogP contribution in [0.2, 0.25) is 0 Å². The standard InChI is InChI=1S/C11H12N6O3S/c18-8(15-13-5-7-1-3-12-4-2-7)6-21-10-9(19)14-11(20)17-16-10/h1-5,10,16H,6H2,(H,15,18)(H2,14,17,19,20)/b13-5+. The Hall–Kier alpha value is -2.46. The van der Waals surface area contributed by atoms with Crippen molar-refractivity contribution in [2.24, 2.45) is 5.10 Å². The second kappa shape index (κ2) is 7.36. The smallest absolute Gasteiger partial charge is 0.275 e. The zero-order valence-corrected chi connectivity index (χ0v) is 11.5. The van der Waals surface area contributed by atoms with E-state index in [4.69, 9.17) is 0 Å². The zero-order valence-electron chi connectivity index (χ0n) is 10.7. The van der Waals surface area contributed by atoms with Gasteiger partial charge in [0.15, 0.2) is 5.37 Å². The number of imide groups is 1. The van der Waals surface area contributed by atoms with Crippen LogP contribution in [-0.2, 0) is 9.59 Å². The molecule has 4 amide bonds. The first-order valence-electron chi connectivity index (χ1n) is 5.85. The molecule has 0 spiro atoms. The van der Waals surface area contributed by atoms with E-state index in [0.29, 0.717) is 0 Å². The fraction of sp³-hybridized carbons (Fsp3) is 0.182. The SMILES string of the molecule is O=C(CSC1NNC(=O)NC1=O)N/N=C/c1ccncc1. The quantitative estimate of drug-likeness (QED) is 0.406. The maximum absolute atomic E-state index is 11.5. The van der Waals surface area contributed by atoms with Crippen molar-refractivity contribution < 1.29 is 14.4 Å². The summed E-state index contributed by atoms with van der Waals surface area (Å²) in [6.07, 6.45) is 4.71. The molecule has 0 bridgehead atoms. The van der Waals surface area contributed by atoms with Gasteiger partial charge in [-0.1, -0.05) is 0 Å². The largest absolute Gasteiger partial charge is 0.335 e. The maximum atomic E-state index is 11.5. The minimum Gasteiger partial charge on any atom is -0.275 e. The van der Waals surface area contributed by atoms with Crippen molar-refractivity contribution in [2.75, 3.05) is 5.75 Å². The van der Waals surface area contributed by atoms with Crippen LogP contribution in [0.1, 0.15) is 5.56 Å². The number of rotatable bonds is 5. The molecule has 110 valence electrons. The third-order valence-electron chi connectivity index (χ3n) is 2.28. The lowest BCUT2D eigenvalue weighted by Gasteiger charge is -2.22. The number of thioether (sulfide) groups is 1. The second-order valence-electron chi connectivity index (χ2n) is 3.85. The number of hydrogen-bond donors (Lipinski definition) is 4. The normalized spacial score (nSPS) is 18.2. The Bertz CT molecular complexity index is 564. The number of hydrazone groups is 1. The van der Waals surface area contributed by atoms with Gasteiger partial charge in [-0.2, -0.15) is 5.10 Å². The third kappa shape index (κ3) is 4.85. The van der Waals surface area contributed by atoms with E-state index in [1.54, 1.807) is 24.5 Å². The van der Waals surface area contributed by atoms with Crippen molar-refractivity contribution in [3.05, 3.63) is 30.1 Å². The van der Waals surface area contributed by atoms with Gasteiger partial charge in [-0.3, -0.25) is 25.3 Å². The molecule has 1 aliphatic rings. The molecule has 1 fully saturated rings. The Kier molecular flexibility index (Phi) is 5.23. The molecule has 9 nitrogen and oxygen atoms in total. The summed E-state index contributed by atoms with van der Waals surface area (Å²) in [5.41, 5.74) is 7.86. The Morgan fingerprint density at radius 3 is 2.90 bits per heavy atom. The highest BCUT2D eigenvalue weighted by molar-refractivity contribution is 8.01. The molecule has 1 aromatic heterocycles. The van der Waals surface area contributed by atoms with E-state index in [1.165, 1.54) is 6.21 Å². The van der Waals surface area contributed by atoms with Gasteiger partial charge >= 0.3 is 6.03 Å². The highest BCUT2D eigenvalue weighted by atomic mass is 32.2. The number of pyridine rings is 1. The Morgan fingerprint density at radius 2 is 2.19 bits per heavy atom. The molecule has 1 saturated heterocycles. The van der Waals surface area contributed by atoms with Gasteiger partial charge in [0.05, 0.1) is 12.0 Å². The summed E-state index contributed by atoms with van der Waals surface area (Å²) >= 11 is 1.03. The molecule has 0 aliphatic carbocycles. The summed E-state index contributed by atoms with van der Waals surface area (Å²) < 4.78 is 0. The van der Waals surface area contributed by atoms with E-state index in [1.807, 2.05) is 0 Å². The van der Waals surface area contributed by atoms with Crippen LogP contribution in [0.15, 0.2) is 29.6 Å². The maximum Gasteiger partial charge on any atom is 0.335 e. The second-order valence-corrected chi connectivity index (χ2v) is 4.95. The van der Waals surface area contributed by atoms with Crippen molar-refractivity contribution in [3.63, 3.8) is 0 Å². The lowest BCUT2D eigenvalue weighted by molar-refractivity contribution is -0.121. The van der Waals surface area contributed by atoms with Gasteiger partial charge in [0.2, 0.25) is 5.91 Å². The number of hydrazine groups is 1. The molecule has 10 heteroatoms. The van der Waals surface area contributed by atoms with Crippen LogP contribution in [-0.4, -0.2) is 40.2 Å². The van der Waals surface area contributed by atoms with Gasteiger partial charge in [0.25, 0.3) is 5.91 Å². The highest BCUT2D eigenvalue weighted by Gasteiger charge is 2.26. The number of amides is 4. The van der Waals surface area contributed by atoms with Crippen LogP contribution in [0.25, 0.3) is 0 Å². The summed E-state index contributed by atoms with van der Waals surface area (Å²) in [5, 5.41) is 5.13. The first-order chi connectivity index (χ1) is 10.1. The molecule has 2 heterocycles. The minimum atomic E-state index is -0.724. The van der Waals surface area contributed by atoms with Crippen molar-refractivity contribution in [1.29, 1.82) is 0 Å². The van der Waals surface area contributed by atoms with Gasteiger partial charge < -0.3 is 0 Å². The van der Waals surface area contributed by atoms with Crippen LogP contribution in [0.3, 0.4) is 0 Å². The van der Waals surface area contributed by atoms with Crippen LogP contribution in [0.4, 0.5) is 4.79 Å². The third-order valence-corrected chi connectivity index (χ3v) is 3.38. The van der Waals surface area contributed by atoms with Gasteiger partial charge in [-0.25, -0.2) is 15.6 Å². The Morgan fingerprint density at radius 1 is 1.43 bits per heavy atom. The topological polar surface area (TPSA) is 125 Å². The lowest BCUT2D eigenvalue weighted by Crippen LogP contribution is -2.61. The summed E-state index contributed by atoms with van der Waals surface area (Å²) in [4.78, 5) is 37.6. The van der Waals surface area contributed by atoms with Gasteiger partial charge in [-0.15, -0.1) is 11.8 Å². The molecule has 21 heavy (non-hydrogen) atoms. The van der Waals surface area contributed by atoms with Crippen molar-refractivity contribution in [1.82, 2.24) is 26.6 Å². The molecule has 0 radical (unpaired) electrons.